The van der Waals surface area contributed by atoms with E-state index in [0.717, 1.165) is 50.8 Å². The lowest BCUT2D eigenvalue weighted by molar-refractivity contribution is 0.0530. The normalized spacial score (nSPS) is 17.7. The van der Waals surface area contributed by atoms with Crippen LogP contribution < -0.4 is 9.47 Å². The van der Waals surface area contributed by atoms with E-state index in [9.17, 15) is 0 Å². The molecule has 1 aliphatic heterocycles. The molecule has 158 valence electrons. The maximum atomic E-state index is 5.29. The third kappa shape index (κ3) is 5.17. The van der Waals surface area contributed by atoms with Crippen LogP contribution >= 0.6 is 0 Å². The standard InChI is InChI=1S/C23H29N5O2/c1-29-22-7-3-19(4-8-22)13-26-11-12-27(14-20-5-9-23(30-2)10-6-20)21(15-26)16-28-18-24-17-25-28/h3-10,17-18,21H,11-16H2,1-2H3. The van der Waals surface area contributed by atoms with Crippen molar-refractivity contribution in [2.75, 3.05) is 33.9 Å². The first-order chi connectivity index (χ1) is 14.7. The van der Waals surface area contributed by atoms with Gasteiger partial charge >= 0.3 is 0 Å². The van der Waals surface area contributed by atoms with Gasteiger partial charge in [0.25, 0.3) is 0 Å². The number of aromatic nitrogens is 3. The van der Waals surface area contributed by atoms with Crippen molar-refractivity contribution in [1.29, 1.82) is 0 Å². The highest BCUT2D eigenvalue weighted by molar-refractivity contribution is 5.28. The van der Waals surface area contributed by atoms with Crippen molar-refractivity contribution in [2.24, 2.45) is 0 Å². The third-order valence-corrected chi connectivity index (χ3v) is 5.66. The van der Waals surface area contributed by atoms with E-state index in [-0.39, 0.29) is 0 Å². The summed E-state index contributed by atoms with van der Waals surface area (Å²) in [4.78, 5) is 9.18. The van der Waals surface area contributed by atoms with E-state index in [4.69, 9.17) is 9.47 Å². The van der Waals surface area contributed by atoms with Gasteiger partial charge in [-0.05, 0) is 35.4 Å². The Kier molecular flexibility index (Phi) is 6.61. The zero-order valence-corrected chi connectivity index (χ0v) is 17.6. The van der Waals surface area contributed by atoms with E-state index in [1.165, 1.54) is 11.1 Å². The van der Waals surface area contributed by atoms with Crippen LogP contribution in [0.2, 0.25) is 0 Å². The maximum Gasteiger partial charge on any atom is 0.137 e. The Morgan fingerprint density at radius 1 is 0.867 bits per heavy atom. The number of ether oxygens (including phenoxy) is 2. The van der Waals surface area contributed by atoms with E-state index in [2.05, 4.69) is 44.1 Å². The molecule has 0 aliphatic carbocycles. The predicted octanol–water partition coefficient (Wildman–Crippen LogP) is 2.68. The molecule has 1 atom stereocenters. The zero-order chi connectivity index (χ0) is 20.8. The van der Waals surface area contributed by atoms with Gasteiger partial charge in [-0.3, -0.25) is 14.5 Å². The third-order valence-electron chi connectivity index (χ3n) is 5.66. The molecule has 1 aliphatic rings. The molecule has 1 fully saturated rings. The fraction of sp³-hybridized carbons (Fsp3) is 0.391. The SMILES string of the molecule is COc1ccc(CN2CCN(Cc3ccc(OC)cc3)C(Cn3cncn3)C2)cc1. The van der Waals surface area contributed by atoms with E-state index >= 15 is 0 Å². The minimum atomic E-state index is 0.362. The molecule has 0 bridgehead atoms. The lowest BCUT2D eigenvalue weighted by atomic mass is 10.1. The molecule has 1 saturated heterocycles. The molecule has 2 aromatic carbocycles. The minimum Gasteiger partial charge on any atom is -0.497 e. The molecule has 3 aromatic rings. The number of hydrogen-bond acceptors (Lipinski definition) is 6. The Morgan fingerprint density at radius 3 is 2.07 bits per heavy atom. The molecule has 7 heteroatoms. The van der Waals surface area contributed by atoms with E-state index < -0.39 is 0 Å². The molecule has 0 radical (unpaired) electrons. The molecule has 0 spiro atoms. The smallest absolute Gasteiger partial charge is 0.137 e. The van der Waals surface area contributed by atoms with E-state index in [1.807, 2.05) is 28.9 Å². The molecule has 0 N–H and O–H groups in total. The molecule has 7 nitrogen and oxygen atoms in total. The van der Waals surface area contributed by atoms with Crippen LogP contribution in [0.1, 0.15) is 11.1 Å². The lowest BCUT2D eigenvalue weighted by Gasteiger charge is -2.41. The topological polar surface area (TPSA) is 55.7 Å². The molecule has 1 unspecified atom stereocenters. The van der Waals surface area contributed by atoms with Crippen LogP contribution in [0.25, 0.3) is 0 Å². The summed E-state index contributed by atoms with van der Waals surface area (Å²) in [5.74, 6) is 1.79. The highest BCUT2D eigenvalue weighted by Gasteiger charge is 2.27. The van der Waals surface area contributed by atoms with Gasteiger partial charge in [0.15, 0.2) is 0 Å². The predicted molar refractivity (Wildman–Crippen MR) is 115 cm³/mol. The summed E-state index contributed by atoms with van der Waals surface area (Å²) in [5.41, 5.74) is 2.60. The fourth-order valence-corrected chi connectivity index (χ4v) is 3.98. The van der Waals surface area contributed by atoms with Crippen molar-refractivity contribution in [3.05, 3.63) is 72.3 Å². The number of methoxy groups -OCH3 is 2. The molecule has 30 heavy (non-hydrogen) atoms. The second-order valence-corrected chi connectivity index (χ2v) is 7.67. The van der Waals surface area contributed by atoms with Crippen molar-refractivity contribution in [3.8, 4) is 11.5 Å². The summed E-state index contributed by atoms with van der Waals surface area (Å²) >= 11 is 0. The minimum absolute atomic E-state index is 0.362. The van der Waals surface area contributed by atoms with Gasteiger partial charge in [-0.25, -0.2) is 4.98 Å². The Balaban J connectivity index is 1.43. The quantitative estimate of drug-likeness (QED) is 0.572. The highest BCUT2D eigenvalue weighted by Crippen LogP contribution is 2.20. The summed E-state index contributed by atoms with van der Waals surface area (Å²) in [6.07, 6.45) is 3.40. The number of piperazine rings is 1. The number of nitrogens with zero attached hydrogens (tertiary/aromatic N) is 5. The monoisotopic (exact) mass is 407 g/mol. The van der Waals surface area contributed by atoms with Crippen molar-refractivity contribution in [1.82, 2.24) is 24.6 Å². The largest absolute Gasteiger partial charge is 0.497 e. The highest BCUT2D eigenvalue weighted by atomic mass is 16.5. The van der Waals surface area contributed by atoms with Crippen LogP contribution in [0, 0.1) is 0 Å². The first kappa shape index (κ1) is 20.4. The molecular formula is C23H29N5O2. The summed E-state index contributed by atoms with van der Waals surface area (Å²) in [6.45, 7) is 5.73. The van der Waals surface area contributed by atoms with E-state index in [0.29, 0.717) is 6.04 Å². The molecule has 0 saturated carbocycles. The first-order valence-corrected chi connectivity index (χ1v) is 10.3. The van der Waals surface area contributed by atoms with Gasteiger partial charge in [-0.2, -0.15) is 5.10 Å². The average Bonchev–Trinajstić information content (AvgIpc) is 3.30. The molecular weight excluding hydrogens is 378 g/mol. The van der Waals surface area contributed by atoms with Crippen LogP contribution in [-0.4, -0.2) is 64.5 Å². The Labute approximate surface area is 177 Å². The van der Waals surface area contributed by atoms with Gasteiger partial charge in [0.2, 0.25) is 0 Å². The summed E-state index contributed by atoms with van der Waals surface area (Å²) in [7, 11) is 3.40. The van der Waals surface area contributed by atoms with Crippen LogP contribution in [0.15, 0.2) is 61.2 Å². The van der Waals surface area contributed by atoms with Gasteiger partial charge in [-0.15, -0.1) is 0 Å². The van der Waals surface area contributed by atoms with Gasteiger partial charge in [-0.1, -0.05) is 24.3 Å². The van der Waals surface area contributed by atoms with Gasteiger partial charge < -0.3 is 9.47 Å². The summed E-state index contributed by atoms with van der Waals surface area (Å²) < 4.78 is 12.5. The fourth-order valence-electron chi connectivity index (χ4n) is 3.98. The molecule has 1 aromatic heterocycles. The molecule has 4 rings (SSSR count). The molecule has 0 amide bonds. The number of benzene rings is 2. The summed E-state index contributed by atoms with van der Waals surface area (Å²) in [5, 5.41) is 4.33. The van der Waals surface area contributed by atoms with Gasteiger partial charge in [0, 0.05) is 38.8 Å². The van der Waals surface area contributed by atoms with Crippen LogP contribution in [-0.2, 0) is 19.6 Å². The number of rotatable bonds is 8. The van der Waals surface area contributed by atoms with Crippen LogP contribution in [0.4, 0.5) is 0 Å². The van der Waals surface area contributed by atoms with Crippen LogP contribution in [0.3, 0.4) is 0 Å². The van der Waals surface area contributed by atoms with Crippen molar-refractivity contribution < 1.29 is 9.47 Å². The van der Waals surface area contributed by atoms with Crippen molar-refractivity contribution in [3.63, 3.8) is 0 Å². The second kappa shape index (κ2) is 9.73. The van der Waals surface area contributed by atoms with Gasteiger partial charge in [0.05, 0.1) is 20.8 Å². The summed E-state index contributed by atoms with van der Waals surface area (Å²) in [6, 6.07) is 17.1. The first-order valence-electron chi connectivity index (χ1n) is 10.3. The second-order valence-electron chi connectivity index (χ2n) is 7.67. The van der Waals surface area contributed by atoms with Crippen molar-refractivity contribution >= 4 is 0 Å². The average molecular weight is 408 g/mol. The van der Waals surface area contributed by atoms with Crippen LogP contribution in [0.5, 0.6) is 11.5 Å². The van der Waals surface area contributed by atoms with Crippen molar-refractivity contribution in [2.45, 2.75) is 25.7 Å². The maximum absolute atomic E-state index is 5.29. The van der Waals surface area contributed by atoms with Gasteiger partial charge in [0.1, 0.15) is 24.2 Å². The Morgan fingerprint density at radius 2 is 1.50 bits per heavy atom. The number of hydrogen-bond donors (Lipinski definition) is 0. The van der Waals surface area contributed by atoms with E-state index in [1.54, 1.807) is 26.9 Å². The zero-order valence-electron chi connectivity index (χ0n) is 17.6. The lowest BCUT2D eigenvalue weighted by Crippen LogP contribution is -2.53. The Bertz CT molecular complexity index is 896. The Hall–Kier alpha value is -2.90. The molecule has 2 heterocycles.